The minimum Gasteiger partial charge on any atom is -0.346 e. The molecule has 0 amide bonds. The van der Waals surface area contributed by atoms with Crippen LogP contribution in [-0.4, -0.2) is 48.4 Å². The molecule has 102 valence electrons. The third-order valence-electron chi connectivity index (χ3n) is 3.62. The van der Waals surface area contributed by atoms with Gasteiger partial charge in [-0.15, -0.1) is 11.3 Å². The highest BCUT2D eigenvalue weighted by molar-refractivity contribution is 7.80. The summed E-state index contributed by atoms with van der Waals surface area (Å²) in [5.74, 6) is 1.82. The standard InChI is InChI=1S/C13H23N3S2/c1-12(3-10-17)2-5-15-6-8-16(9-7-15)13-14-4-11-18-13/h4,11-12,17H,2-3,5-10H2,1H3. The van der Waals surface area contributed by atoms with Crippen LogP contribution >= 0.6 is 24.0 Å². The molecule has 18 heavy (non-hydrogen) atoms. The van der Waals surface area contributed by atoms with Crippen LogP contribution in [0, 0.1) is 5.92 Å². The maximum absolute atomic E-state index is 4.38. The van der Waals surface area contributed by atoms with Crippen molar-refractivity contribution in [2.45, 2.75) is 19.8 Å². The topological polar surface area (TPSA) is 19.4 Å². The van der Waals surface area contributed by atoms with Crippen LogP contribution in [0.3, 0.4) is 0 Å². The minimum atomic E-state index is 0.805. The number of hydrogen-bond acceptors (Lipinski definition) is 5. The SMILES string of the molecule is CC(CCS)CCN1CCN(c2nccs2)CC1. The average molecular weight is 285 g/mol. The molecule has 1 unspecified atom stereocenters. The number of anilines is 1. The molecule has 1 saturated heterocycles. The number of hydrogen-bond donors (Lipinski definition) is 1. The van der Waals surface area contributed by atoms with E-state index in [0.29, 0.717) is 0 Å². The van der Waals surface area contributed by atoms with Crippen LogP contribution in [0.15, 0.2) is 11.6 Å². The van der Waals surface area contributed by atoms with Crippen molar-refractivity contribution >= 4 is 29.1 Å². The fourth-order valence-corrected chi connectivity index (χ4v) is 3.44. The van der Waals surface area contributed by atoms with E-state index in [1.54, 1.807) is 11.3 Å². The summed E-state index contributed by atoms with van der Waals surface area (Å²) in [6, 6.07) is 0. The highest BCUT2D eigenvalue weighted by Crippen LogP contribution is 2.19. The maximum atomic E-state index is 4.38. The summed E-state index contributed by atoms with van der Waals surface area (Å²) in [5.41, 5.74) is 0. The van der Waals surface area contributed by atoms with Crippen LogP contribution in [0.4, 0.5) is 5.13 Å². The lowest BCUT2D eigenvalue weighted by Crippen LogP contribution is -2.46. The first kappa shape index (κ1) is 14.2. The van der Waals surface area contributed by atoms with Gasteiger partial charge in [0.15, 0.2) is 5.13 Å². The van der Waals surface area contributed by atoms with Gasteiger partial charge in [0.1, 0.15) is 0 Å². The molecule has 1 aliphatic rings. The Labute approximate surface area is 120 Å². The van der Waals surface area contributed by atoms with Gasteiger partial charge in [0.05, 0.1) is 0 Å². The molecule has 0 radical (unpaired) electrons. The second-order valence-corrected chi connectivity index (χ2v) is 6.37. The van der Waals surface area contributed by atoms with Gasteiger partial charge in [-0.1, -0.05) is 6.92 Å². The van der Waals surface area contributed by atoms with Gasteiger partial charge in [-0.2, -0.15) is 12.6 Å². The third kappa shape index (κ3) is 4.14. The first-order valence-corrected chi connectivity index (χ1v) is 8.28. The Morgan fingerprint density at radius 3 is 2.72 bits per heavy atom. The zero-order valence-corrected chi connectivity index (χ0v) is 12.8. The summed E-state index contributed by atoms with van der Waals surface area (Å²) in [7, 11) is 0. The molecule has 1 fully saturated rings. The Morgan fingerprint density at radius 1 is 1.33 bits per heavy atom. The minimum absolute atomic E-state index is 0.805. The summed E-state index contributed by atoms with van der Waals surface area (Å²) in [6.07, 6.45) is 4.44. The zero-order chi connectivity index (χ0) is 12.8. The Balaban J connectivity index is 1.67. The van der Waals surface area contributed by atoms with E-state index in [1.165, 1.54) is 37.6 Å². The van der Waals surface area contributed by atoms with Crippen LogP contribution in [0.5, 0.6) is 0 Å². The largest absolute Gasteiger partial charge is 0.346 e. The molecule has 0 N–H and O–H groups in total. The van der Waals surface area contributed by atoms with E-state index in [1.807, 2.05) is 6.20 Å². The zero-order valence-electron chi connectivity index (χ0n) is 11.1. The van der Waals surface area contributed by atoms with Crippen molar-refractivity contribution in [3.05, 3.63) is 11.6 Å². The molecule has 5 heteroatoms. The molecule has 0 saturated carbocycles. The van der Waals surface area contributed by atoms with Crippen LogP contribution in [0.1, 0.15) is 19.8 Å². The van der Waals surface area contributed by atoms with Crippen molar-refractivity contribution in [1.29, 1.82) is 0 Å². The summed E-state index contributed by atoms with van der Waals surface area (Å²) in [4.78, 5) is 9.36. The van der Waals surface area contributed by atoms with E-state index in [-0.39, 0.29) is 0 Å². The Kier molecular flexibility index (Phi) is 5.79. The number of aromatic nitrogens is 1. The Morgan fingerprint density at radius 2 is 2.11 bits per heavy atom. The number of nitrogens with zero attached hydrogens (tertiary/aromatic N) is 3. The van der Waals surface area contributed by atoms with Crippen LogP contribution in [-0.2, 0) is 0 Å². The molecular formula is C13H23N3S2. The van der Waals surface area contributed by atoms with E-state index in [4.69, 9.17) is 0 Å². The highest BCUT2D eigenvalue weighted by atomic mass is 32.1. The van der Waals surface area contributed by atoms with Crippen molar-refractivity contribution in [3.63, 3.8) is 0 Å². The van der Waals surface area contributed by atoms with Crippen molar-refractivity contribution in [3.8, 4) is 0 Å². The first-order chi connectivity index (χ1) is 8.79. The van der Waals surface area contributed by atoms with Crippen molar-refractivity contribution in [2.75, 3.05) is 43.4 Å². The number of thiol groups is 1. The average Bonchev–Trinajstić information content (AvgIpc) is 2.91. The van der Waals surface area contributed by atoms with Gasteiger partial charge in [0, 0.05) is 37.8 Å². The monoisotopic (exact) mass is 285 g/mol. The summed E-state index contributed by atoms with van der Waals surface area (Å²) in [6.45, 7) is 8.16. The Hall–Kier alpha value is -0.260. The number of rotatable bonds is 6. The lowest BCUT2D eigenvalue weighted by Gasteiger charge is -2.35. The first-order valence-electron chi connectivity index (χ1n) is 6.77. The van der Waals surface area contributed by atoms with Crippen molar-refractivity contribution in [1.82, 2.24) is 9.88 Å². The predicted octanol–water partition coefficient (Wildman–Crippen LogP) is 2.61. The molecule has 1 aromatic rings. The summed E-state index contributed by atoms with van der Waals surface area (Å²) >= 11 is 6.04. The predicted molar refractivity (Wildman–Crippen MR) is 83.0 cm³/mol. The normalized spacial score (nSPS) is 19.1. The van der Waals surface area contributed by atoms with Gasteiger partial charge in [0.25, 0.3) is 0 Å². The maximum Gasteiger partial charge on any atom is 0.185 e. The van der Waals surface area contributed by atoms with E-state index in [0.717, 1.165) is 24.8 Å². The third-order valence-corrected chi connectivity index (χ3v) is 4.71. The molecule has 0 aliphatic carbocycles. The molecule has 0 bridgehead atoms. The van der Waals surface area contributed by atoms with E-state index >= 15 is 0 Å². The van der Waals surface area contributed by atoms with Crippen LogP contribution < -0.4 is 4.90 Å². The molecule has 1 atom stereocenters. The van der Waals surface area contributed by atoms with Gasteiger partial charge >= 0.3 is 0 Å². The summed E-state index contributed by atoms with van der Waals surface area (Å²) in [5, 5.41) is 3.24. The fourth-order valence-electron chi connectivity index (χ4n) is 2.30. The van der Waals surface area contributed by atoms with Crippen molar-refractivity contribution < 1.29 is 0 Å². The number of thiazole rings is 1. The smallest absolute Gasteiger partial charge is 0.185 e. The fraction of sp³-hybridized carbons (Fsp3) is 0.769. The van der Waals surface area contributed by atoms with Gasteiger partial charge in [-0.25, -0.2) is 4.98 Å². The molecule has 2 rings (SSSR count). The number of piperazine rings is 1. The Bertz CT molecular complexity index is 321. The summed E-state index contributed by atoms with van der Waals surface area (Å²) < 4.78 is 0. The molecular weight excluding hydrogens is 262 g/mol. The van der Waals surface area contributed by atoms with Gasteiger partial charge in [-0.3, -0.25) is 4.90 Å². The molecule has 1 aliphatic heterocycles. The lowest BCUT2D eigenvalue weighted by atomic mass is 10.0. The van der Waals surface area contributed by atoms with E-state index in [9.17, 15) is 0 Å². The molecule has 0 aromatic carbocycles. The van der Waals surface area contributed by atoms with Crippen LogP contribution in [0.25, 0.3) is 0 Å². The molecule has 1 aromatic heterocycles. The van der Waals surface area contributed by atoms with E-state index in [2.05, 4.69) is 39.7 Å². The van der Waals surface area contributed by atoms with Gasteiger partial charge in [-0.05, 0) is 31.1 Å². The second-order valence-electron chi connectivity index (χ2n) is 5.05. The second kappa shape index (κ2) is 7.36. The molecule has 3 nitrogen and oxygen atoms in total. The van der Waals surface area contributed by atoms with Gasteiger partial charge in [0.2, 0.25) is 0 Å². The van der Waals surface area contributed by atoms with Crippen LogP contribution in [0.2, 0.25) is 0 Å². The lowest BCUT2D eigenvalue weighted by molar-refractivity contribution is 0.240. The molecule has 2 heterocycles. The highest BCUT2D eigenvalue weighted by Gasteiger charge is 2.18. The quantitative estimate of drug-likeness (QED) is 0.811. The van der Waals surface area contributed by atoms with Crippen molar-refractivity contribution in [2.24, 2.45) is 5.92 Å². The molecule has 0 spiro atoms. The van der Waals surface area contributed by atoms with E-state index < -0.39 is 0 Å². The van der Waals surface area contributed by atoms with Gasteiger partial charge < -0.3 is 4.90 Å².